The average Bonchev–Trinajstić information content (AvgIpc) is 2.63. The van der Waals surface area contributed by atoms with E-state index in [0.717, 1.165) is 0 Å². The van der Waals surface area contributed by atoms with Crippen LogP contribution in [0.5, 0.6) is 0 Å². The highest BCUT2D eigenvalue weighted by atomic mass is 35.5. The van der Waals surface area contributed by atoms with Crippen molar-refractivity contribution in [2.75, 3.05) is 5.73 Å². The van der Waals surface area contributed by atoms with Crippen molar-refractivity contribution in [1.82, 2.24) is 15.0 Å². The molecule has 27 heavy (non-hydrogen) atoms. The number of rotatable bonds is 2. The second-order valence-electron chi connectivity index (χ2n) is 5.84. The van der Waals surface area contributed by atoms with Crippen molar-refractivity contribution >= 4 is 40.1 Å². The molecule has 4 rings (SSSR count). The number of halogens is 3. The quantitative estimate of drug-likeness (QED) is 0.511. The number of aromatic amines is 1. The Bertz CT molecular complexity index is 1240. The minimum Gasteiger partial charge on any atom is -0.385 e. The van der Waals surface area contributed by atoms with Gasteiger partial charge >= 0.3 is 5.69 Å². The van der Waals surface area contributed by atoms with Crippen molar-refractivity contribution in [3.05, 3.63) is 74.9 Å². The van der Waals surface area contributed by atoms with Crippen LogP contribution in [0.3, 0.4) is 0 Å². The van der Waals surface area contributed by atoms with Gasteiger partial charge in [-0.25, -0.2) is 14.2 Å². The van der Waals surface area contributed by atoms with Crippen molar-refractivity contribution in [1.29, 1.82) is 0 Å². The lowest BCUT2D eigenvalue weighted by molar-refractivity contribution is 0.628. The van der Waals surface area contributed by atoms with Crippen LogP contribution in [0.1, 0.15) is 0 Å². The number of fused-ring (bicyclic) bond motifs is 1. The van der Waals surface area contributed by atoms with Gasteiger partial charge in [0.15, 0.2) is 5.65 Å². The number of pyridine rings is 1. The second-order valence-corrected chi connectivity index (χ2v) is 6.68. The fourth-order valence-electron chi connectivity index (χ4n) is 2.87. The van der Waals surface area contributed by atoms with Crippen LogP contribution in [0, 0.1) is 5.82 Å². The summed E-state index contributed by atoms with van der Waals surface area (Å²) < 4.78 is 13.4. The Morgan fingerprint density at radius 2 is 1.70 bits per heavy atom. The Morgan fingerprint density at radius 1 is 0.963 bits per heavy atom. The fraction of sp³-hybridized carbons (Fsp3) is 0. The average molecular weight is 401 g/mol. The maximum Gasteiger partial charge on any atom is 0.348 e. The highest BCUT2D eigenvalue weighted by Crippen LogP contribution is 2.36. The van der Waals surface area contributed by atoms with Crippen molar-refractivity contribution in [3.63, 3.8) is 0 Å². The van der Waals surface area contributed by atoms with Crippen LogP contribution < -0.4 is 11.4 Å². The first-order chi connectivity index (χ1) is 12.9. The molecule has 2 heterocycles. The van der Waals surface area contributed by atoms with Crippen LogP contribution in [-0.4, -0.2) is 15.0 Å². The van der Waals surface area contributed by atoms with Crippen molar-refractivity contribution in [2.24, 2.45) is 0 Å². The molecule has 0 radical (unpaired) electrons. The van der Waals surface area contributed by atoms with Gasteiger partial charge in [-0.1, -0.05) is 35.3 Å². The number of nitrogen functional groups attached to an aromatic ring is 1. The Labute approximate surface area is 162 Å². The maximum atomic E-state index is 13.4. The van der Waals surface area contributed by atoms with Crippen LogP contribution in [0.2, 0.25) is 10.0 Å². The number of benzene rings is 2. The Morgan fingerprint density at radius 3 is 2.44 bits per heavy atom. The van der Waals surface area contributed by atoms with Gasteiger partial charge in [0.05, 0.1) is 16.1 Å². The molecule has 0 spiro atoms. The van der Waals surface area contributed by atoms with Gasteiger partial charge in [-0.15, -0.1) is 0 Å². The zero-order valence-corrected chi connectivity index (χ0v) is 15.1. The van der Waals surface area contributed by atoms with Crippen molar-refractivity contribution in [3.8, 4) is 22.4 Å². The van der Waals surface area contributed by atoms with E-state index >= 15 is 0 Å². The zero-order valence-electron chi connectivity index (χ0n) is 13.6. The summed E-state index contributed by atoms with van der Waals surface area (Å²) in [5.74, 6) is -0.240. The van der Waals surface area contributed by atoms with Crippen LogP contribution in [0.25, 0.3) is 33.4 Å². The SMILES string of the molecule is Nc1[nH]c(=O)nc2nc(-c3cc(Cl)ccc3Cl)cc(-c3ccc(F)cc3)c12. The monoisotopic (exact) mass is 400 g/mol. The minimum absolute atomic E-state index is 0.126. The summed E-state index contributed by atoms with van der Waals surface area (Å²) in [5, 5.41) is 1.38. The molecule has 0 saturated heterocycles. The lowest BCUT2D eigenvalue weighted by Gasteiger charge is -2.12. The van der Waals surface area contributed by atoms with Gasteiger partial charge in [-0.2, -0.15) is 4.98 Å². The molecule has 8 heteroatoms. The van der Waals surface area contributed by atoms with E-state index in [2.05, 4.69) is 15.0 Å². The Kier molecular flexibility index (Phi) is 4.30. The Balaban J connectivity index is 2.09. The molecule has 2 aromatic heterocycles. The molecule has 3 N–H and O–H groups in total. The van der Waals surface area contributed by atoms with E-state index in [1.807, 2.05) is 0 Å². The van der Waals surface area contributed by atoms with Gasteiger partial charge in [-0.3, -0.25) is 4.98 Å². The molecule has 4 aromatic rings. The summed E-state index contributed by atoms with van der Waals surface area (Å²) in [6.07, 6.45) is 0. The first-order valence-corrected chi connectivity index (χ1v) is 8.60. The standard InChI is InChI=1S/C19H11Cl2FN4O/c20-10-3-6-14(21)13(7-10)15-8-12(9-1-4-11(22)5-2-9)16-17(23)25-19(27)26-18(16)24-15/h1-8H,(H3,23,24,25,26,27). The summed E-state index contributed by atoms with van der Waals surface area (Å²) >= 11 is 12.4. The molecular formula is C19H11Cl2FN4O. The molecule has 0 unspecified atom stereocenters. The van der Waals surface area contributed by atoms with Crippen molar-refractivity contribution < 1.29 is 4.39 Å². The van der Waals surface area contributed by atoms with Gasteiger partial charge in [0.25, 0.3) is 0 Å². The number of H-pyrrole nitrogens is 1. The van der Waals surface area contributed by atoms with Crippen LogP contribution in [0.4, 0.5) is 10.2 Å². The van der Waals surface area contributed by atoms with Gasteiger partial charge in [0.2, 0.25) is 0 Å². The molecule has 0 aliphatic heterocycles. The molecule has 0 aliphatic carbocycles. The van der Waals surface area contributed by atoms with E-state index < -0.39 is 5.69 Å². The van der Waals surface area contributed by atoms with Crippen LogP contribution >= 0.6 is 23.2 Å². The molecule has 2 aromatic carbocycles. The number of nitrogens with two attached hydrogens (primary N) is 1. The third-order valence-corrected chi connectivity index (χ3v) is 4.64. The fourth-order valence-corrected chi connectivity index (χ4v) is 3.26. The molecule has 0 saturated carbocycles. The summed E-state index contributed by atoms with van der Waals surface area (Å²) in [6, 6.07) is 12.6. The lowest BCUT2D eigenvalue weighted by atomic mass is 10.00. The van der Waals surface area contributed by atoms with E-state index in [4.69, 9.17) is 28.9 Å². The van der Waals surface area contributed by atoms with E-state index in [9.17, 15) is 9.18 Å². The largest absolute Gasteiger partial charge is 0.385 e. The van der Waals surface area contributed by atoms with Gasteiger partial charge in [0, 0.05) is 10.6 Å². The zero-order chi connectivity index (χ0) is 19.1. The number of nitrogens with one attached hydrogen (secondary N) is 1. The summed E-state index contributed by atoms with van der Waals surface area (Å²) in [6.45, 7) is 0. The maximum absolute atomic E-state index is 13.4. The highest BCUT2D eigenvalue weighted by molar-refractivity contribution is 6.35. The number of nitrogens with zero attached hydrogens (tertiary/aromatic N) is 2. The van der Waals surface area contributed by atoms with E-state index in [1.54, 1.807) is 36.4 Å². The number of anilines is 1. The number of aromatic nitrogens is 3. The third kappa shape index (κ3) is 3.25. The highest BCUT2D eigenvalue weighted by Gasteiger charge is 2.16. The predicted octanol–water partition coefficient (Wildman–Crippen LogP) is 4.68. The van der Waals surface area contributed by atoms with E-state index in [1.165, 1.54) is 12.1 Å². The van der Waals surface area contributed by atoms with Crippen LogP contribution in [-0.2, 0) is 0 Å². The second kappa shape index (κ2) is 6.64. The third-order valence-electron chi connectivity index (χ3n) is 4.08. The number of hydrogen-bond donors (Lipinski definition) is 2. The van der Waals surface area contributed by atoms with Gasteiger partial charge in [0.1, 0.15) is 11.6 Å². The smallest absolute Gasteiger partial charge is 0.348 e. The predicted molar refractivity (Wildman–Crippen MR) is 105 cm³/mol. The molecule has 0 amide bonds. The minimum atomic E-state index is -0.619. The first kappa shape index (κ1) is 17.5. The van der Waals surface area contributed by atoms with E-state index in [-0.39, 0.29) is 17.3 Å². The summed E-state index contributed by atoms with van der Waals surface area (Å²) in [7, 11) is 0. The Hall–Kier alpha value is -2.96. The number of hydrogen-bond acceptors (Lipinski definition) is 4. The summed E-state index contributed by atoms with van der Waals surface area (Å²) in [4.78, 5) is 22.6. The van der Waals surface area contributed by atoms with Gasteiger partial charge in [-0.05, 0) is 47.5 Å². The molecule has 134 valence electrons. The normalized spacial score (nSPS) is 11.1. The molecular weight excluding hydrogens is 390 g/mol. The van der Waals surface area contributed by atoms with Crippen molar-refractivity contribution in [2.45, 2.75) is 0 Å². The lowest BCUT2D eigenvalue weighted by Crippen LogP contribution is -2.14. The summed E-state index contributed by atoms with van der Waals surface area (Å²) in [5.41, 5.74) is 7.91. The first-order valence-electron chi connectivity index (χ1n) is 7.84. The molecule has 0 bridgehead atoms. The molecule has 5 nitrogen and oxygen atoms in total. The molecule has 0 aliphatic rings. The topological polar surface area (TPSA) is 84.7 Å². The molecule has 0 atom stereocenters. The van der Waals surface area contributed by atoms with E-state index in [0.29, 0.717) is 37.8 Å². The van der Waals surface area contributed by atoms with Crippen LogP contribution in [0.15, 0.2) is 53.3 Å². The molecule has 0 fully saturated rings. The van der Waals surface area contributed by atoms with Gasteiger partial charge < -0.3 is 5.73 Å².